The van der Waals surface area contributed by atoms with Crippen molar-refractivity contribution in [1.82, 2.24) is 5.43 Å². The van der Waals surface area contributed by atoms with Crippen LogP contribution in [0.4, 0.5) is 0 Å². The van der Waals surface area contributed by atoms with E-state index in [4.69, 9.17) is 0 Å². The van der Waals surface area contributed by atoms with Crippen LogP contribution in [-0.2, 0) is 0 Å². The highest BCUT2D eigenvalue weighted by molar-refractivity contribution is 7.11. The van der Waals surface area contributed by atoms with Crippen molar-refractivity contribution in [1.29, 1.82) is 0 Å². The first-order valence-electron chi connectivity index (χ1n) is 6.33. The fourth-order valence-electron chi connectivity index (χ4n) is 2.02. The fraction of sp³-hybridized carbons (Fsp3) is 0. The number of phenolic OH excluding ortho intramolecular Hbond substituents is 1. The lowest BCUT2D eigenvalue weighted by Gasteiger charge is -2.06. The zero-order valence-electron chi connectivity index (χ0n) is 11.0. The van der Waals surface area contributed by atoms with Gasteiger partial charge >= 0.3 is 0 Å². The molecule has 0 radical (unpaired) electrons. The summed E-state index contributed by atoms with van der Waals surface area (Å²) < 4.78 is 0. The Kier molecular flexibility index (Phi) is 3.66. The summed E-state index contributed by atoms with van der Waals surface area (Å²) in [5.41, 5.74) is 2.63. The molecule has 0 fully saturated rings. The van der Waals surface area contributed by atoms with E-state index in [9.17, 15) is 9.90 Å². The normalized spacial score (nSPS) is 11.0. The minimum absolute atomic E-state index is 0.0306. The van der Waals surface area contributed by atoms with E-state index in [2.05, 4.69) is 10.5 Å². The topological polar surface area (TPSA) is 61.7 Å². The highest BCUT2D eigenvalue weighted by Crippen LogP contribution is 2.28. The van der Waals surface area contributed by atoms with Gasteiger partial charge in [-0.15, -0.1) is 11.3 Å². The molecule has 1 heterocycles. The average molecular weight is 296 g/mol. The lowest BCUT2D eigenvalue weighted by Crippen LogP contribution is -2.17. The lowest BCUT2D eigenvalue weighted by atomic mass is 10.1. The number of benzene rings is 2. The Labute approximate surface area is 125 Å². The summed E-state index contributed by atoms with van der Waals surface area (Å²) in [4.78, 5) is 13.0. The average Bonchev–Trinajstić information content (AvgIpc) is 3.01. The summed E-state index contributed by atoms with van der Waals surface area (Å²) in [6, 6.07) is 14.5. The molecule has 1 aromatic heterocycles. The van der Waals surface area contributed by atoms with Crippen LogP contribution in [0.15, 0.2) is 59.0 Å². The van der Waals surface area contributed by atoms with Gasteiger partial charge in [0.05, 0.1) is 11.8 Å². The van der Waals surface area contributed by atoms with Gasteiger partial charge in [-0.1, -0.05) is 36.4 Å². The number of hydrogen-bond donors (Lipinski definition) is 2. The van der Waals surface area contributed by atoms with Crippen molar-refractivity contribution in [3.05, 3.63) is 64.4 Å². The van der Waals surface area contributed by atoms with Crippen LogP contribution >= 0.6 is 11.3 Å². The summed E-state index contributed by atoms with van der Waals surface area (Å²) in [6.07, 6.45) is 1.57. The number of hydrazone groups is 1. The molecule has 21 heavy (non-hydrogen) atoms. The van der Waals surface area contributed by atoms with Crippen LogP contribution in [0.25, 0.3) is 10.8 Å². The molecular weight excluding hydrogens is 284 g/mol. The van der Waals surface area contributed by atoms with Crippen LogP contribution in [-0.4, -0.2) is 17.2 Å². The number of carbonyl (C=O) groups is 1. The fourth-order valence-corrected chi connectivity index (χ4v) is 2.60. The minimum Gasteiger partial charge on any atom is -0.506 e. The Morgan fingerprint density at radius 2 is 2.00 bits per heavy atom. The van der Waals surface area contributed by atoms with Crippen LogP contribution in [0.3, 0.4) is 0 Å². The number of nitrogens with zero attached hydrogens (tertiary/aromatic N) is 1. The molecular formula is C16H12N2O2S. The number of aromatic hydroxyl groups is 1. The summed E-state index contributed by atoms with van der Waals surface area (Å²) in [7, 11) is 0. The zero-order chi connectivity index (χ0) is 14.7. The molecule has 0 aliphatic rings. The molecule has 0 unspecified atom stereocenters. The van der Waals surface area contributed by atoms with Gasteiger partial charge in [0.25, 0.3) is 5.91 Å². The van der Waals surface area contributed by atoms with Crippen molar-refractivity contribution in [2.75, 3.05) is 0 Å². The summed E-state index contributed by atoms with van der Waals surface area (Å²) >= 11 is 1.53. The smallest absolute Gasteiger partial charge is 0.275 e. The second kappa shape index (κ2) is 5.76. The van der Waals surface area contributed by atoms with Gasteiger partial charge in [0.1, 0.15) is 5.75 Å². The van der Waals surface area contributed by atoms with E-state index in [-0.39, 0.29) is 11.3 Å². The number of carbonyl (C=O) groups excluding carboxylic acids is 1. The van der Waals surface area contributed by atoms with E-state index >= 15 is 0 Å². The van der Waals surface area contributed by atoms with Gasteiger partial charge in [0.2, 0.25) is 0 Å². The number of hydrogen-bond acceptors (Lipinski definition) is 4. The predicted octanol–water partition coefficient (Wildman–Crippen LogP) is 3.37. The van der Waals surface area contributed by atoms with Crippen molar-refractivity contribution in [3.8, 4) is 5.75 Å². The van der Waals surface area contributed by atoms with Gasteiger partial charge in [-0.25, -0.2) is 5.43 Å². The number of fused-ring (bicyclic) bond motifs is 1. The molecule has 3 rings (SSSR count). The molecule has 0 bridgehead atoms. The molecule has 0 saturated heterocycles. The standard InChI is InChI=1S/C16H12N2O2S/c19-15-13-6-2-1-4-11(13)7-8-14(15)16(20)18-17-10-12-5-3-9-21-12/h1-10,19H,(H,18,20). The second-order valence-electron chi connectivity index (χ2n) is 4.40. The maximum atomic E-state index is 12.1. The van der Waals surface area contributed by atoms with Gasteiger partial charge in [0.15, 0.2) is 0 Å². The molecule has 5 heteroatoms. The third kappa shape index (κ3) is 2.78. The van der Waals surface area contributed by atoms with E-state index in [0.29, 0.717) is 5.39 Å². The van der Waals surface area contributed by atoms with E-state index < -0.39 is 5.91 Å². The van der Waals surface area contributed by atoms with Gasteiger partial charge < -0.3 is 5.11 Å². The number of thiophene rings is 1. The van der Waals surface area contributed by atoms with Crippen molar-refractivity contribution >= 4 is 34.2 Å². The SMILES string of the molecule is O=C(NN=Cc1cccs1)c1ccc2ccccc2c1O. The Bertz CT molecular complexity index is 810. The highest BCUT2D eigenvalue weighted by atomic mass is 32.1. The Morgan fingerprint density at radius 3 is 2.81 bits per heavy atom. The Morgan fingerprint density at radius 1 is 1.14 bits per heavy atom. The van der Waals surface area contributed by atoms with Crippen LogP contribution in [0.2, 0.25) is 0 Å². The highest BCUT2D eigenvalue weighted by Gasteiger charge is 2.12. The monoisotopic (exact) mass is 296 g/mol. The van der Waals surface area contributed by atoms with E-state index in [1.165, 1.54) is 11.3 Å². The minimum atomic E-state index is -0.439. The van der Waals surface area contributed by atoms with Gasteiger partial charge in [-0.2, -0.15) is 5.10 Å². The van der Waals surface area contributed by atoms with E-state index in [1.807, 2.05) is 35.7 Å². The molecule has 0 aliphatic carbocycles. The van der Waals surface area contributed by atoms with Crippen LogP contribution in [0, 0.1) is 0 Å². The molecule has 0 spiro atoms. The van der Waals surface area contributed by atoms with Crippen molar-refractivity contribution in [3.63, 3.8) is 0 Å². The summed E-state index contributed by atoms with van der Waals surface area (Å²) in [6.45, 7) is 0. The van der Waals surface area contributed by atoms with E-state index in [1.54, 1.807) is 24.4 Å². The maximum Gasteiger partial charge on any atom is 0.275 e. The molecule has 2 aromatic carbocycles. The Balaban J connectivity index is 1.83. The molecule has 2 N–H and O–H groups in total. The quantitative estimate of drug-likeness (QED) is 0.575. The van der Waals surface area contributed by atoms with Crippen LogP contribution < -0.4 is 5.43 Å². The van der Waals surface area contributed by atoms with Crippen molar-refractivity contribution in [2.45, 2.75) is 0 Å². The summed E-state index contributed by atoms with van der Waals surface area (Å²) in [5, 5.41) is 17.5. The first kappa shape index (κ1) is 13.3. The number of nitrogens with one attached hydrogen (secondary N) is 1. The Hall–Kier alpha value is -2.66. The molecule has 0 saturated carbocycles. The van der Waals surface area contributed by atoms with E-state index in [0.717, 1.165) is 10.3 Å². The molecule has 4 nitrogen and oxygen atoms in total. The second-order valence-corrected chi connectivity index (χ2v) is 5.38. The number of amides is 1. The van der Waals surface area contributed by atoms with Crippen LogP contribution in [0.5, 0.6) is 5.75 Å². The molecule has 3 aromatic rings. The zero-order valence-corrected chi connectivity index (χ0v) is 11.8. The molecule has 0 atom stereocenters. The van der Waals surface area contributed by atoms with Crippen molar-refractivity contribution < 1.29 is 9.90 Å². The predicted molar refractivity (Wildman–Crippen MR) is 85.0 cm³/mol. The van der Waals surface area contributed by atoms with Gasteiger partial charge in [-0.05, 0) is 22.9 Å². The first-order chi connectivity index (χ1) is 10.3. The van der Waals surface area contributed by atoms with Crippen LogP contribution in [0.1, 0.15) is 15.2 Å². The van der Waals surface area contributed by atoms with Gasteiger partial charge in [0, 0.05) is 10.3 Å². The lowest BCUT2D eigenvalue weighted by molar-refractivity contribution is 0.0953. The van der Waals surface area contributed by atoms with Gasteiger partial charge in [-0.3, -0.25) is 4.79 Å². The van der Waals surface area contributed by atoms with Crippen molar-refractivity contribution in [2.24, 2.45) is 5.10 Å². The largest absolute Gasteiger partial charge is 0.506 e. The summed E-state index contributed by atoms with van der Waals surface area (Å²) in [5.74, 6) is -0.469. The molecule has 104 valence electrons. The number of phenols is 1. The first-order valence-corrected chi connectivity index (χ1v) is 7.21. The molecule has 0 aliphatic heterocycles. The maximum absolute atomic E-state index is 12.1. The number of rotatable bonds is 3. The third-order valence-electron chi connectivity index (χ3n) is 3.05. The third-order valence-corrected chi connectivity index (χ3v) is 3.85. The molecule has 1 amide bonds.